The summed E-state index contributed by atoms with van der Waals surface area (Å²) in [5.74, 6) is 0.980. The monoisotopic (exact) mass is 505 g/mol. The van der Waals surface area contributed by atoms with E-state index in [0.29, 0.717) is 16.7 Å². The summed E-state index contributed by atoms with van der Waals surface area (Å²) < 4.78 is 26.6. The van der Waals surface area contributed by atoms with E-state index in [4.69, 9.17) is 9.47 Å². The van der Waals surface area contributed by atoms with E-state index in [9.17, 15) is 9.18 Å². The lowest BCUT2D eigenvalue weighted by atomic mass is 9.81. The third-order valence-corrected chi connectivity index (χ3v) is 6.90. The number of benzene rings is 3. The van der Waals surface area contributed by atoms with Crippen molar-refractivity contribution in [1.29, 1.82) is 0 Å². The number of methoxy groups -OCH3 is 2. The molecule has 0 radical (unpaired) electrons. The molecule has 186 valence electrons. The van der Waals surface area contributed by atoms with Gasteiger partial charge in [-0.15, -0.1) is 0 Å². The first kappa shape index (κ1) is 25.3. The number of aromatic nitrogens is 2. The Kier molecular flexibility index (Phi) is 7.64. The molecule has 6 nitrogen and oxygen atoms in total. The van der Waals surface area contributed by atoms with Gasteiger partial charge in [-0.2, -0.15) is 0 Å². The molecule has 1 aromatic heterocycles. The molecular formula is C28H28FN3O3S. The van der Waals surface area contributed by atoms with Crippen LogP contribution in [0, 0.1) is 5.82 Å². The van der Waals surface area contributed by atoms with Gasteiger partial charge in [0.05, 0.1) is 31.9 Å². The molecule has 0 atom stereocenters. The van der Waals surface area contributed by atoms with Gasteiger partial charge in [-0.3, -0.25) is 9.36 Å². The van der Waals surface area contributed by atoms with Gasteiger partial charge in [0, 0.05) is 16.8 Å². The Morgan fingerprint density at radius 1 is 1.00 bits per heavy atom. The first-order chi connectivity index (χ1) is 17.3. The zero-order chi connectivity index (χ0) is 25.7. The topological polar surface area (TPSA) is 65.4 Å². The Balaban J connectivity index is 1.69. The number of hydrogen-bond donors (Lipinski definition) is 1. The number of para-hydroxylation sites is 1. The van der Waals surface area contributed by atoms with Crippen LogP contribution in [0.3, 0.4) is 0 Å². The molecule has 0 saturated heterocycles. The van der Waals surface area contributed by atoms with Crippen molar-refractivity contribution in [2.24, 2.45) is 0 Å². The molecule has 0 spiro atoms. The Morgan fingerprint density at radius 2 is 1.69 bits per heavy atom. The van der Waals surface area contributed by atoms with Crippen molar-refractivity contribution in [2.75, 3.05) is 25.3 Å². The van der Waals surface area contributed by atoms with Crippen LogP contribution in [0.5, 0.6) is 11.5 Å². The molecule has 0 aliphatic carbocycles. The Hall–Kier alpha value is -3.78. The van der Waals surface area contributed by atoms with Crippen molar-refractivity contribution in [2.45, 2.75) is 24.4 Å². The summed E-state index contributed by atoms with van der Waals surface area (Å²) in [6.07, 6.45) is 1.80. The third kappa shape index (κ3) is 5.39. The zero-order valence-electron chi connectivity index (χ0n) is 20.6. The number of nitrogens with one attached hydrogen (secondary N) is 1. The molecular weight excluding hydrogens is 477 g/mol. The van der Waals surface area contributed by atoms with Gasteiger partial charge in [-0.1, -0.05) is 49.9 Å². The van der Waals surface area contributed by atoms with Gasteiger partial charge in [0.2, 0.25) is 5.91 Å². The number of carbonyl (C=O) groups is 1. The summed E-state index contributed by atoms with van der Waals surface area (Å²) in [6, 6.07) is 21.4. The van der Waals surface area contributed by atoms with E-state index in [1.807, 2.05) is 53.1 Å². The molecule has 0 fully saturated rings. The van der Waals surface area contributed by atoms with E-state index in [-0.39, 0.29) is 17.5 Å². The van der Waals surface area contributed by atoms with Gasteiger partial charge in [0.15, 0.2) is 16.7 Å². The molecule has 0 saturated carbocycles. The largest absolute Gasteiger partial charge is 0.493 e. The molecule has 36 heavy (non-hydrogen) atoms. The van der Waals surface area contributed by atoms with E-state index in [1.165, 1.54) is 23.9 Å². The number of nitrogens with zero attached hydrogens (tertiary/aromatic N) is 2. The lowest BCUT2D eigenvalue weighted by molar-refractivity contribution is -0.113. The summed E-state index contributed by atoms with van der Waals surface area (Å²) >= 11 is 1.32. The average molecular weight is 506 g/mol. The van der Waals surface area contributed by atoms with Crippen LogP contribution in [-0.4, -0.2) is 35.4 Å². The summed E-state index contributed by atoms with van der Waals surface area (Å²) in [5.41, 5.74) is 2.85. The number of imidazole rings is 1. The first-order valence-corrected chi connectivity index (χ1v) is 12.4. The van der Waals surface area contributed by atoms with Crippen molar-refractivity contribution in [3.63, 3.8) is 0 Å². The fourth-order valence-corrected chi connectivity index (χ4v) is 4.73. The molecule has 8 heteroatoms. The third-order valence-electron chi connectivity index (χ3n) is 5.95. The Bertz CT molecular complexity index is 1340. The summed E-state index contributed by atoms with van der Waals surface area (Å²) in [4.78, 5) is 17.2. The molecule has 3 aromatic carbocycles. The fourth-order valence-electron chi connectivity index (χ4n) is 3.94. The molecule has 4 aromatic rings. The number of halogens is 1. The minimum Gasteiger partial charge on any atom is -0.493 e. The van der Waals surface area contributed by atoms with Crippen LogP contribution in [0.25, 0.3) is 5.69 Å². The van der Waals surface area contributed by atoms with E-state index in [0.717, 1.165) is 22.6 Å². The van der Waals surface area contributed by atoms with Gasteiger partial charge >= 0.3 is 0 Å². The van der Waals surface area contributed by atoms with Crippen LogP contribution < -0.4 is 14.8 Å². The molecule has 4 rings (SSSR count). The maximum Gasteiger partial charge on any atom is 0.234 e. The van der Waals surface area contributed by atoms with Crippen molar-refractivity contribution < 1.29 is 18.7 Å². The van der Waals surface area contributed by atoms with E-state index in [1.54, 1.807) is 32.5 Å². The van der Waals surface area contributed by atoms with Crippen LogP contribution in [0.1, 0.15) is 25.1 Å². The summed E-state index contributed by atoms with van der Waals surface area (Å²) in [6.45, 7) is 4.17. The van der Waals surface area contributed by atoms with E-state index in [2.05, 4.69) is 24.1 Å². The summed E-state index contributed by atoms with van der Waals surface area (Å²) in [5, 5.41) is 3.53. The average Bonchev–Trinajstić information content (AvgIpc) is 3.33. The van der Waals surface area contributed by atoms with Crippen molar-refractivity contribution in [1.82, 2.24) is 9.55 Å². The molecule has 0 aliphatic heterocycles. The molecule has 1 heterocycles. The highest BCUT2D eigenvalue weighted by Crippen LogP contribution is 2.39. The van der Waals surface area contributed by atoms with Crippen molar-refractivity contribution >= 4 is 23.4 Å². The molecule has 0 aliphatic rings. The highest BCUT2D eigenvalue weighted by Gasteiger charge is 2.30. The number of ether oxygens (including phenoxy) is 2. The van der Waals surface area contributed by atoms with Crippen LogP contribution >= 0.6 is 11.8 Å². The van der Waals surface area contributed by atoms with Gasteiger partial charge in [0.1, 0.15) is 5.82 Å². The van der Waals surface area contributed by atoms with Crippen molar-refractivity contribution in [3.8, 4) is 17.2 Å². The molecule has 0 unspecified atom stereocenters. The maximum absolute atomic E-state index is 13.7. The fraction of sp³-hybridized carbons (Fsp3) is 0.214. The van der Waals surface area contributed by atoms with Gasteiger partial charge in [0.25, 0.3) is 0 Å². The second-order valence-electron chi connectivity index (χ2n) is 8.64. The van der Waals surface area contributed by atoms with Crippen molar-refractivity contribution in [3.05, 3.63) is 96.1 Å². The highest BCUT2D eigenvalue weighted by atomic mass is 32.2. The number of amides is 1. The van der Waals surface area contributed by atoms with E-state index < -0.39 is 5.41 Å². The van der Waals surface area contributed by atoms with E-state index >= 15 is 0 Å². The number of carbonyl (C=O) groups excluding carboxylic acids is 1. The van der Waals surface area contributed by atoms with Crippen LogP contribution in [0.15, 0.2) is 84.1 Å². The number of hydrogen-bond acceptors (Lipinski definition) is 5. The van der Waals surface area contributed by atoms with Crippen LogP contribution in [-0.2, 0) is 10.2 Å². The first-order valence-electron chi connectivity index (χ1n) is 11.4. The number of rotatable bonds is 9. The lowest BCUT2D eigenvalue weighted by Gasteiger charge is -2.28. The minimum atomic E-state index is -0.508. The molecule has 0 bridgehead atoms. The SMILES string of the molecule is COc1ccc(C(C)(C)c2cnc(SCC(=O)Nc3ccccc3)n2-c2ccc(F)cc2)cc1OC. The summed E-state index contributed by atoms with van der Waals surface area (Å²) in [7, 11) is 3.20. The van der Waals surface area contributed by atoms with Crippen LogP contribution in [0.2, 0.25) is 0 Å². The predicted molar refractivity (Wildman–Crippen MR) is 141 cm³/mol. The molecule has 1 N–H and O–H groups in total. The maximum atomic E-state index is 13.7. The smallest absolute Gasteiger partial charge is 0.234 e. The normalized spacial score (nSPS) is 11.2. The molecule has 1 amide bonds. The quantitative estimate of drug-likeness (QED) is 0.279. The van der Waals surface area contributed by atoms with Crippen LogP contribution in [0.4, 0.5) is 10.1 Å². The Morgan fingerprint density at radius 3 is 2.36 bits per heavy atom. The number of thioether (sulfide) groups is 1. The predicted octanol–water partition coefficient (Wildman–Crippen LogP) is 6.09. The Labute approximate surface area is 214 Å². The highest BCUT2D eigenvalue weighted by molar-refractivity contribution is 7.99. The lowest BCUT2D eigenvalue weighted by Crippen LogP contribution is -2.23. The second-order valence-corrected chi connectivity index (χ2v) is 9.58. The second kappa shape index (κ2) is 10.9. The van der Waals surface area contributed by atoms with Gasteiger partial charge in [-0.25, -0.2) is 9.37 Å². The zero-order valence-corrected chi connectivity index (χ0v) is 21.4. The standard InChI is InChI=1S/C28H28FN3O3S/c1-28(2,19-10-15-23(34-3)24(16-19)35-4)25-17-30-27(32(25)22-13-11-20(29)12-14-22)36-18-26(33)31-21-8-6-5-7-9-21/h5-17H,18H2,1-4H3,(H,31,33). The minimum absolute atomic E-state index is 0.138. The van der Waals surface area contributed by atoms with Gasteiger partial charge in [-0.05, 0) is 54.1 Å². The number of anilines is 1. The van der Waals surface area contributed by atoms with Gasteiger partial charge < -0.3 is 14.8 Å².